The summed E-state index contributed by atoms with van der Waals surface area (Å²) in [6.07, 6.45) is 0.676. The monoisotopic (exact) mass is 442 g/mol. The third-order valence-electron chi connectivity index (χ3n) is 4.87. The van der Waals surface area contributed by atoms with Crippen LogP contribution in [0, 0.1) is 0 Å². The number of rotatable bonds is 8. The summed E-state index contributed by atoms with van der Waals surface area (Å²) in [7, 11) is 1.60. The van der Waals surface area contributed by atoms with Gasteiger partial charge in [0, 0.05) is 29.1 Å². The number of carbonyl (C=O) groups is 1. The van der Waals surface area contributed by atoms with Crippen molar-refractivity contribution in [1.82, 2.24) is 15.1 Å². The summed E-state index contributed by atoms with van der Waals surface area (Å²) in [5, 5.41) is 11.5. The van der Waals surface area contributed by atoms with Crippen LogP contribution in [0.1, 0.15) is 36.3 Å². The van der Waals surface area contributed by atoms with Crippen molar-refractivity contribution in [2.75, 3.05) is 20.2 Å². The average molecular weight is 443 g/mol. The molecule has 0 fully saturated rings. The Morgan fingerprint density at radius 3 is 2.90 bits per heavy atom. The molecule has 9 heteroatoms. The van der Waals surface area contributed by atoms with Crippen LogP contribution in [0.3, 0.4) is 0 Å². The van der Waals surface area contributed by atoms with E-state index in [0.29, 0.717) is 42.5 Å². The van der Waals surface area contributed by atoms with Gasteiger partial charge in [-0.15, -0.1) is 0 Å². The largest absolute Gasteiger partial charge is 0.493 e. The van der Waals surface area contributed by atoms with Gasteiger partial charge in [-0.1, -0.05) is 0 Å². The summed E-state index contributed by atoms with van der Waals surface area (Å²) >= 11 is 1.57. The first-order valence-corrected chi connectivity index (χ1v) is 11.1. The highest BCUT2D eigenvalue weighted by Gasteiger charge is 2.31. The molecule has 2 aromatic heterocycles. The summed E-state index contributed by atoms with van der Waals surface area (Å²) in [5.41, 5.74) is 9.15. The normalized spacial score (nSPS) is 12.2. The second kappa shape index (κ2) is 8.99. The number of hydrogen-bond acceptors (Lipinski definition) is 7. The Kier molecular flexibility index (Phi) is 6.15. The summed E-state index contributed by atoms with van der Waals surface area (Å²) in [4.78, 5) is 12.9. The molecule has 3 aromatic rings. The third-order valence-corrected chi connectivity index (χ3v) is 5.54. The fraction of sp³-hybridized carbons (Fsp3) is 0.364. The number of amides is 1. The van der Waals surface area contributed by atoms with Crippen LogP contribution in [-0.4, -0.2) is 42.0 Å². The smallest absolute Gasteiger partial charge is 0.272 e. The van der Waals surface area contributed by atoms with Gasteiger partial charge in [0.15, 0.2) is 17.2 Å². The second-order valence-electron chi connectivity index (χ2n) is 7.42. The average Bonchev–Trinajstić information content (AvgIpc) is 3.40. The lowest BCUT2D eigenvalue weighted by Gasteiger charge is -2.22. The van der Waals surface area contributed by atoms with Crippen LogP contribution >= 0.6 is 11.3 Å². The van der Waals surface area contributed by atoms with Gasteiger partial charge < -0.3 is 25.3 Å². The highest BCUT2D eigenvalue weighted by atomic mass is 32.1. The van der Waals surface area contributed by atoms with E-state index in [1.807, 2.05) is 42.8 Å². The minimum atomic E-state index is -0.238. The van der Waals surface area contributed by atoms with Gasteiger partial charge in [-0.25, -0.2) is 4.68 Å². The molecule has 0 aliphatic carbocycles. The molecule has 0 saturated heterocycles. The van der Waals surface area contributed by atoms with Crippen molar-refractivity contribution >= 4 is 17.2 Å². The van der Waals surface area contributed by atoms with E-state index >= 15 is 0 Å². The number of nitrogens with one attached hydrogen (secondary N) is 1. The number of hydrogen-bond donors (Lipinski definition) is 2. The number of fused-ring (bicyclic) bond motifs is 3. The zero-order chi connectivity index (χ0) is 22.0. The van der Waals surface area contributed by atoms with Crippen LogP contribution < -0.4 is 25.3 Å². The molecule has 0 saturated carbocycles. The van der Waals surface area contributed by atoms with E-state index in [4.69, 9.17) is 19.9 Å². The standard InChI is InChI=1S/C22H26N4O4S/c1-13(2)30-19-9-15-17(10-18(19)28-3)29-11-16-20(22(27)24-7-4-6-23)25-26(21(15)16)14-5-8-31-12-14/h5,8-10,12-13H,4,6-7,11,23H2,1-3H3,(H,24,27). The Morgan fingerprint density at radius 2 is 2.23 bits per heavy atom. The molecule has 3 N–H and O–H groups in total. The Balaban J connectivity index is 1.86. The molecule has 0 unspecified atom stereocenters. The van der Waals surface area contributed by atoms with Gasteiger partial charge in [-0.3, -0.25) is 4.79 Å². The number of aromatic nitrogens is 2. The molecule has 0 spiro atoms. The number of methoxy groups -OCH3 is 1. The first kappa shape index (κ1) is 21.2. The zero-order valence-corrected chi connectivity index (χ0v) is 18.6. The van der Waals surface area contributed by atoms with Gasteiger partial charge in [0.25, 0.3) is 5.91 Å². The van der Waals surface area contributed by atoms with Crippen molar-refractivity contribution in [2.45, 2.75) is 33.0 Å². The van der Waals surface area contributed by atoms with Crippen LogP contribution in [0.2, 0.25) is 0 Å². The minimum Gasteiger partial charge on any atom is -0.493 e. The number of ether oxygens (including phenoxy) is 3. The fourth-order valence-corrected chi connectivity index (χ4v) is 4.11. The minimum absolute atomic E-state index is 0.0263. The van der Waals surface area contributed by atoms with E-state index in [0.717, 1.165) is 22.5 Å². The van der Waals surface area contributed by atoms with E-state index in [9.17, 15) is 4.79 Å². The summed E-state index contributed by atoms with van der Waals surface area (Å²) < 4.78 is 19.3. The van der Waals surface area contributed by atoms with E-state index in [-0.39, 0.29) is 18.6 Å². The SMILES string of the molecule is COc1cc2c(cc1OC(C)C)-c1c(c(C(=O)NCCCN)nn1-c1ccsc1)CO2. The highest BCUT2D eigenvalue weighted by Crippen LogP contribution is 2.46. The molecule has 1 aromatic carbocycles. The van der Waals surface area contributed by atoms with Crippen LogP contribution in [0.5, 0.6) is 17.2 Å². The van der Waals surface area contributed by atoms with Gasteiger partial charge in [0.2, 0.25) is 0 Å². The Bertz CT molecular complexity index is 1080. The molecule has 3 heterocycles. The lowest BCUT2D eigenvalue weighted by atomic mass is 10.0. The number of nitrogens with zero attached hydrogens (tertiary/aromatic N) is 2. The molecular weight excluding hydrogens is 416 g/mol. The van der Waals surface area contributed by atoms with Crippen molar-refractivity contribution in [3.05, 3.63) is 40.2 Å². The predicted molar refractivity (Wildman–Crippen MR) is 120 cm³/mol. The second-order valence-corrected chi connectivity index (χ2v) is 8.20. The van der Waals surface area contributed by atoms with Gasteiger partial charge in [0.1, 0.15) is 12.4 Å². The molecule has 0 bridgehead atoms. The summed E-state index contributed by atoms with van der Waals surface area (Å²) in [5.74, 6) is 1.63. The quantitative estimate of drug-likeness (QED) is 0.519. The van der Waals surface area contributed by atoms with E-state index in [1.54, 1.807) is 23.1 Å². The molecule has 164 valence electrons. The number of benzene rings is 1. The topological polar surface area (TPSA) is 101 Å². The van der Waals surface area contributed by atoms with Crippen LogP contribution in [-0.2, 0) is 6.61 Å². The van der Waals surface area contributed by atoms with Gasteiger partial charge in [0.05, 0.1) is 24.6 Å². The molecule has 31 heavy (non-hydrogen) atoms. The van der Waals surface area contributed by atoms with Gasteiger partial charge in [-0.05, 0) is 44.3 Å². The molecule has 0 atom stereocenters. The number of carbonyl (C=O) groups excluding carboxylic acids is 1. The maximum Gasteiger partial charge on any atom is 0.272 e. The fourth-order valence-electron chi connectivity index (χ4n) is 3.50. The third kappa shape index (κ3) is 4.11. The van der Waals surface area contributed by atoms with E-state index < -0.39 is 0 Å². The van der Waals surface area contributed by atoms with E-state index in [2.05, 4.69) is 10.4 Å². The highest BCUT2D eigenvalue weighted by molar-refractivity contribution is 7.08. The first-order chi connectivity index (χ1) is 15.0. The summed E-state index contributed by atoms with van der Waals surface area (Å²) in [6, 6.07) is 5.69. The number of thiophene rings is 1. The van der Waals surface area contributed by atoms with Crippen molar-refractivity contribution in [2.24, 2.45) is 5.73 Å². The Hall–Kier alpha value is -3.04. The number of nitrogens with two attached hydrogens (primary N) is 1. The van der Waals surface area contributed by atoms with Crippen LogP contribution in [0.4, 0.5) is 0 Å². The molecular formula is C22H26N4O4S. The molecule has 4 rings (SSSR count). The maximum atomic E-state index is 12.9. The predicted octanol–water partition coefficient (Wildman–Crippen LogP) is 3.37. The molecule has 1 amide bonds. The van der Waals surface area contributed by atoms with Crippen molar-refractivity contribution in [3.63, 3.8) is 0 Å². The Labute approximate surface area is 184 Å². The first-order valence-electron chi connectivity index (χ1n) is 10.2. The maximum absolute atomic E-state index is 12.9. The van der Waals surface area contributed by atoms with Crippen molar-refractivity contribution in [3.8, 4) is 34.2 Å². The van der Waals surface area contributed by atoms with E-state index in [1.165, 1.54) is 0 Å². The zero-order valence-electron chi connectivity index (χ0n) is 17.8. The molecule has 0 radical (unpaired) electrons. The van der Waals surface area contributed by atoms with Crippen LogP contribution in [0.25, 0.3) is 16.9 Å². The van der Waals surface area contributed by atoms with Crippen molar-refractivity contribution < 1.29 is 19.0 Å². The molecule has 1 aliphatic heterocycles. The lowest BCUT2D eigenvalue weighted by molar-refractivity contribution is 0.0945. The van der Waals surface area contributed by atoms with Crippen molar-refractivity contribution in [1.29, 1.82) is 0 Å². The molecule has 1 aliphatic rings. The lowest BCUT2D eigenvalue weighted by Crippen LogP contribution is -2.27. The van der Waals surface area contributed by atoms with Crippen LogP contribution in [0.15, 0.2) is 29.0 Å². The summed E-state index contributed by atoms with van der Waals surface area (Å²) in [6.45, 7) is 5.16. The van der Waals surface area contributed by atoms with Gasteiger partial charge >= 0.3 is 0 Å². The Morgan fingerprint density at radius 1 is 1.39 bits per heavy atom. The molecule has 8 nitrogen and oxygen atoms in total. The van der Waals surface area contributed by atoms with Gasteiger partial charge in [-0.2, -0.15) is 16.4 Å².